The standard InChI is InChI=1S/C26H33N3O2/c1-4-10-21-13-14-24(25(19-21)30-3)31-18-9-17-29-23-12-6-5-11-22(23)27-26(29)20(2)28-15-7-8-16-28/h4-6,10-14,19-20H,7-9,15-18H2,1-3H3/b10-4+. The molecule has 31 heavy (non-hydrogen) atoms. The second-order valence-electron chi connectivity index (χ2n) is 8.14. The number of imidazole rings is 1. The van der Waals surface area contributed by atoms with Gasteiger partial charge in [-0.15, -0.1) is 0 Å². The van der Waals surface area contributed by atoms with Gasteiger partial charge >= 0.3 is 0 Å². The van der Waals surface area contributed by atoms with E-state index in [0.717, 1.165) is 54.5 Å². The molecule has 0 spiro atoms. The molecule has 1 atom stereocenters. The normalized spacial score (nSPS) is 15.7. The Bertz CT molecular complexity index is 1030. The minimum Gasteiger partial charge on any atom is -0.493 e. The van der Waals surface area contributed by atoms with Crippen molar-refractivity contribution >= 4 is 17.1 Å². The van der Waals surface area contributed by atoms with Crippen LogP contribution in [0.4, 0.5) is 0 Å². The molecule has 1 aromatic heterocycles. The van der Waals surface area contributed by atoms with Crippen molar-refractivity contribution < 1.29 is 9.47 Å². The van der Waals surface area contributed by atoms with Crippen LogP contribution < -0.4 is 9.47 Å². The Morgan fingerprint density at radius 2 is 1.90 bits per heavy atom. The number of hydrogen-bond donors (Lipinski definition) is 0. The van der Waals surface area contributed by atoms with E-state index in [1.54, 1.807) is 7.11 Å². The fourth-order valence-electron chi connectivity index (χ4n) is 4.44. The van der Waals surface area contributed by atoms with Crippen molar-refractivity contribution in [3.8, 4) is 11.5 Å². The van der Waals surface area contributed by atoms with Crippen molar-refractivity contribution in [1.29, 1.82) is 0 Å². The lowest BCUT2D eigenvalue weighted by Gasteiger charge is -2.24. The average Bonchev–Trinajstić information content (AvgIpc) is 3.45. The van der Waals surface area contributed by atoms with E-state index in [2.05, 4.69) is 52.8 Å². The fourth-order valence-corrected chi connectivity index (χ4v) is 4.44. The molecule has 0 aliphatic carbocycles. The lowest BCUT2D eigenvalue weighted by Crippen LogP contribution is -2.26. The number of rotatable bonds is 9. The molecule has 2 aromatic carbocycles. The third-order valence-corrected chi connectivity index (χ3v) is 6.08. The topological polar surface area (TPSA) is 39.5 Å². The van der Waals surface area contributed by atoms with Crippen LogP contribution in [0.25, 0.3) is 17.1 Å². The van der Waals surface area contributed by atoms with Crippen LogP contribution in [0.3, 0.4) is 0 Å². The van der Waals surface area contributed by atoms with Gasteiger partial charge in [-0.2, -0.15) is 0 Å². The van der Waals surface area contributed by atoms with Gasteiger partial charge in [-0.1, -0.05) is 30.4 Å². The highest BCUT2D eigenvalue weighted by Crippen LogP contribution is 2.30. The number of ether oxygens (including phenoxy) is 2. The Balaban J connectivity index is 1.46. The Hall–Kier alpha value is -2.79. The summed E-state index contributed by atoms with van der Waals surface area (Å²) in [5, 5.41) is 0. The molecule has 1 saturated heterocycles. The molecule has 0 bridgehead atoms. The van der Waals surface area contributed by atoms with E-state index >= 15 is 0 Å². The van der Waals surface area contributed by atoms with Gasteiger partial charge in [-0.25, -0.2) is 4.98 Å². The van der Waals surface area contributed by atoms with Crippen LogP contribution in [0.5, 0.6) is 11.5 Å². The third kappa shape index (κ3) is 4.77. The molecule has 5 nitrogen and oxygen atoms in total. The largest absolute Gasteiger partial charge is 0.493 e. The SMILES string of the molecule is C/C=C/c1ccc(OCCCn2c(C(C)N3CCCC3)nc3ccccc32)c(OC)c1. The van der Waals surface area contributed by atoms with Crippen molar-refractivity contribution in [2.45, 2.75) is 45.7 Å². The van der Waals surface area contributed by atoms with Gasteiger partial charge in [0.05, 0.1) is 30.8 Å². The van der Waals surface area contributed by atoms with Crippen LogP contribution in [-0.2, 0) is 6.54 Å². The van der Waals surface area contributed by atoms with Crippen LogP contribution in [0.15, 0.2) is 48.5 Å². The van der Waals surface area contributed by atoms with Gasteiger partial charge in [0.15, 0.2) is 11.5 Å². The maximum atomic E-state index is 6.08. The summed E-state index contributed by atoms with van der Waals surface area (Å²) in [6.07, 6.45) is 7.55. The van der Waals surface area contributed by atoms with Crippen molar-refractivity contribution in [2.75, 3.05) is 26.8 Å². The lowest BCUT2D eigenvalue weighted by molar-refractivity contribution is 0.244. The minimum atomic E-state index is 0.329. The highest BCUT2D eigenvalue weighted by molar-refractivity contribution is 5.76. The predicted molar refractivity (Wildman–Crippen MR) is 127 cm³/mol. The second-order valence-corrected chi connectivity index (χ2v) is 8.14. The highest BCUT2D eigenvalue weighted by atomic mass is 16.5. The second kappa shape index (κ2) is 10.0. The Morgan fingerprint density at radius 1 is 1.10 bits per heavy atom. The van der Waals surface area contributed by atoms with E-state index in [-0.39, 0.29) is 0 Å². The molecule has 0 saturated carbocycles. The first kappa shape index (κ1) is 21.4. The first-order valence-electron chi connectivity index (χ1n) is 11.3. The van der Waals surface area contributed by atoms with Gasteiger partial charge in [0, 0.05) is 6.54 Å². The maximum Gasteiger partial charge on any atom is 0.161 e. The molecule has 0 N–H and O–H groups in total. The molecule has 5 heteroatoms. The molecule has 1 unspecified atom stereocenters. The van der Waals surface area contributed by atoms with Crippen LogP contribution >= 0.6 is 0 Å². The first-order valence-corrected chi connectivity index (χ1v) is 11.3. The Kier molecular flexibility index (Phi) is 6.92. The zero-order valence-corrected chi connectivity index (χ0v) is 18.9. The molecule has 1 aliphatic rings. The molecule has 2 heterocycles. The Morgan fingerprint density at radius 3 is 2.68 bits per heavy atom. The number of benzene rings is 2. The van der Waals surface area contributed by atoms with Crippen molar-refractivity contribution in [1.82, 2.24) is 14.5 Å². The lowest BCUT2D eigenvalue weighted by atomic mass is 10.2. The van der Waals surface area contributed by atoms with Crippen molar-refractivity contribution in [3.05, 3.63) is 59.9 Å². The van der Waals surface area contributed by atoms with Crippen LogP contribution in [-0.4, -0.2) is 41.3 Å². The quantitative estimate of drug-likeness (QED) is 0.417. The summed E-state index contributed by atoms with van der Waals surface area (Å²) in [4.78, 5) is 7.55. The Labute approximate surface area is 185 Å². The van der Waals surface area contributed by atoms with E-state index in [1.165, 1.54) is 18.4 Å². The van der Waals surface area contributed by atoms with E-state index in [4.69, 9.17) is 14.5 Å². The zero-order chi connectivity index (χ0) is 21.6. The summed E-state index contributed by atoms with van der Waals surface area (Å²) < 4.78 is 14.0. The van der Waals surface area contributed by atoms with Crippen molar-refractivity contribution in [2.24, 2.45) is 0 Å². The van der Waals surface area contributed by atoms with E-state index in [9.17, 15) is 0 Å². The molecule has 4 rings (SSSR count). The van der Waals surface area contributed by atoms with Gasteiger partial charge in [-0.05, 0) is 76.0 Å². The number of nitrogens with zero attached hydrogens (tertiary/aromatic N) is 3. The number of allylic oxidation sites excluding steroid dienone is 1. The van der Waals surface area contributed by atoms with Crippen LogP contribution in [0, 0.1) is 0 Å². The molecule has 164 valence electrons. The third-order valence-electron chi connectivity index (χ3n) is 6.08. The van der Waals surface area contributed by atoms with Gasteiger partial charge in [0.25, 0.3) is 0 Å². The summed E-state index contributed by atoms with van der Waals surface area (Å²) in [5.74, 6) is 2.72. The smallest absolute Gasteiger partial charge is 0.161 e. The minimum absolute atomic E-state index is 0.329. The number of aryl methyl sites for hydroxylation is 1. The van der Waals surface area contributed by atoms with Gasteiger partial charge in [-0.3, -0.25) is 4.90 Å². The average molecular weight is 420 g/mol. The summed E-state index contributed by atoms with van der Waals surface area (Å²) in [6.45, 7) is 8.13. The van der Waals surface area contributed by atoms with Gasteiger partial charge in [0.1, 0.15) is 5.82 Å². The number of hydrogen-bond acceptors (Lipinski definition) is 4. The van der Waals surface area contributed by atoms with Crippen LogP contribution in [0.1, 0.15) is 50.5 Å². The van der Waals surface area contributed by atoms with Gasteiger partial charge < -0.3 is 14.0 Å². The van der Waals surface area contributed by atoms with E-state index in [0.29, 0.717) is 12.6 Å². The number of aromatic nitrogens is 2. The molecule has 1 aliphatic heterocycles. The van der Waals surface area contributed by atoms with Gasteiger partial charge in [0.2, 0.25) is 0 Å². The molecule has 1 fully saturated rings. The predicted octanol–water partition coefficient (Wildman–Crippen LogP) is 5.70. The molecular formula is C26H33N3O2. The fraction of sp³-hybridized carbons (Fsp3) is 0.423. The maximum absolute atomic E-state index is 6.08. The zero-order valence-electron chi connectivity index (χ0n) is 18.9. The monoisotopic (exact) mass is 419 g/mol. The van der Waals surface area contributed by atoms with Crippen molar-refractivity contribution in [3.63, 3.8) is 0 Å². The number of likely N-dealkylation sites (tertiary alicyclic amines) is 1. The number of para-hydroxylation sites is 2. The van der Waals surface area contributed by atoms with Crippen LogP contribution in [0.2, 0.25) is 0 Å². The first-order chi connectivity index (χ1) is 15.2. The summed E-state index contributed by atoms with van der Waals surface area (Å²) in [5.41, 5.74) is 3.39. The molecule has 0 amide bonds. The highest BCUT2D eigenvalue weighted by Gasteiger charge is 2.24. The number of methoxy groups -OCH3 is 1. The number of fused-ring (bicyclic) bond motifs is 1. The van der Waals surface area contributed by atoms with E-state index < -0.39 is 0 Å². The van der Waals surface area contributed by atoms with E-state index in [1.807, 2.05) is 25.1 Å². The summed E-state index contributed by atoms with van der Waals surface area (Å²) >= 11 is 0. The molecule has 3 aromatic rings. The summed E-state index contributed by atoms with van der Waals surface area (Å²) in [6, 6.07) is 14.8. The molecule has 0 radical (unpaired) electrons. The summed E-state index contributed by atoms with van der Waals surface area (Å²) in [7, 11) is 1.69. The molecular weight excluding hydrogens is 386 g/mol.